The summed E-state index contributed by atoms with van der Waals surface area (Å²) in [6, 6.07) is 3.99. The number of benzene rings is 1. The number of nitrogens with zero attached hydrogens (tertiary/aromatic N) is 1. The van der Waals surface area contributed by atoms with Gasteiger partial charge in [0.15, 0.2) is 0 Å². The third-order valence-corrected chi connectivity index (χ3v) is 8.23. The lowest BCUT2D eigenvalue weighted by molar-refractivity contribution is -0.138. The van der Waals surface area contributed by atoms with Crippen LogP contribution in [0, 0.1) is 37.5 Å². The zero-order valence-corrected chi connectivity index (χ0v) is 21.8. The minimum absolute atomic E-state index is 0.0922. The van der Waals surface area contributed by atoms with Gasteiger partial charge in [-0.05, 0) is 92.1 Å². The normalized spacial score (nSPS) is 27.1. The maximum atomic E-state index is 13.0. The van der Waals surface area contributed by atoms with Crippen molar-refractivity contribution in [1.29, 1.82) is 0 Å². The summed E-state index contributed by atoms with van der Waals surface area (Å²) in [6.45, 7) is 10.2. The summed E-state index contributed by atoms with van der Waals surface area (Å²) in [7, 11) is 0.641. The smallest absolute Gasteiger partial charge is 0.455 e. The van der Waals surface area contributed by atoms with Crippen LogP contribution in [0.3, 0.4) is 0 Å². The molecule has 188 valence electrons. The molecule has 0 unspecified atom stereocenters. The van der Waals surface area contributed by atoms with Gasteiger partial charge in [-0.3, -0.25) is 14.5 Å². The highest BCUT2D eigenvalue weighted by Crippen LogP contribution is 2.51. The van der Waals surface area contributed by atoms with Crippen molar-refractivity contribution in [2.24, 2.45) is 23.7 Å². The van der Waals surface area contributed by atoms with Crippen molar-refractivity contribution in [3.8, 4) is 5.75 Å². The van der Waals surface area contributed by atoms with Gasteiger partial charge in [0, 0.05) is 7.05 Å². The van der Waals surface area contributed by atoms with Crippen LogP contribution in [0.25, 0.3) is 6.08 Å². The summed E-state index contributed by atoms with van der Waals surface area (Å²) >= 11 is 0. The van der Waals surface area contributed by atoms with Gasteiger partial charge < -0.3 is 14.8 Å². The molecule has 35 heavy (non-hydrogen) atoms. The van der Waals surface area contributed by atoms with Gasteiger partial charge in [0.1, 0.15) is 5.75 Å². The molecule has 0 radical (unpaired) electrons. The molecule has 2 amide bonds. The number of rotatable bonds is 6. The molecule has 0 aromatic heterocycles. The van der Waals surface area contributed by atoms with Crippen LogP contribution < -0.4 is 0 Å². The van der Waals surface area contributed by atoms with Gasteiger partial charge in [-0.1, -0.05) is 38.0 Å². The van der Waals surface area contributed by atoms with E-state index in [1.165, 1.54) is 16.0 Å². The van der Waals surface area contributed by atoms with E-state index in [4.69, 9.17) is 4.65 Å². The van der Waals surface area contributed by atoms with E-state index in [9.17, 15) is 19.7 Å². The van der Waals surface area contributed by atoms with Crippen LogP contribution in [0.4, 0.5) is 0 Å². The number of fused-ring (bicyclic) bond motifs is 3. The first kappa shape index (κ1) is 25.7. The van der Waals surface area contributed by atoms with Crippen LogP contribution in [-0.4, -0.2) is 47.1 Å². The minimum atomic E-state index is -0.939. The Balaban J connectivity index is 1.63. The van der Waals surface area contributed by atoms with E-state index in [0.717, 1.165) is 35.1 Å². The molecule has 1 aliphatic carbocycles. The van der Waals surface area contributed by atoms with Crippen LogP contribution >= 0.6 is 0 Å². The van der Waals surface area contributed by atoms with Crippen LogP contribution in [0.15, 0.2) is 28.9 Å². The van der Waals surface area contributed by atoms with E-state index in [1.807, 2.05) is 26.0 Å². The van der Waals surface area contributed by atoms with Crippen molar-refractivity contribution in [1.82, 2.24) is 4.90 Å². The summed E-state index contributed by atoms with van der Waals surface area (Å²) in [5.41, 5.74) is 6.42. The Kier molecular flexibility index (Phi) is 7.30. The number of hydrogen-bond donors (Lipinski definition) is 2. The maximum Gasteiger partial charge on any atom is 0.455 e. The van der Waals surface area contributed by atoms with E-state index in [-0.39, 0.29) is 35.7 Å². The number of phenolic OH excluding ortho intramolecular Hbond substituents is 1. The molecule has 0 bridgehead atoms. The van der Waals surface area contributed by atoms with Crippen LogP contribution in [-0.2, 0) is 14.2 Å². The first-order chi connectivity index (χ1) is 16.5. The highest BCUT2D eigenvalue weighted by Gasteiger charge is 2.56. The topological polar surface area (TPSA) is 87.1 Å². The third kappa shape index (κ3) is 4.73. The Morgan fingerprint density at radius 2 is 1.86 bits per heavy atom. The summed E-state index contributed by atoms with van der Waals surface area (Å²) in [4.78, 5) is 27.1. The quantitative estimate of drug-likeness (QED) is 0.352. The average Bonchev–Trinajstić information content (AvgIpc) is 3.03. The van der Waals surface area contributed by atoms with Gasteiger partial charge in [-0.2, -0.15) is 0 Å². The second-order valence-electron chi connectivity index (χ2n) is 10.8. The Morgan fingerprint density at radius 1 is 1.20 bits per heavy atom. The monoisotopic (exact) mass is 479 g/mol. The van der Waals surface area contributed by atoms with Crippen molar-refractivity contribution in [2.75, 3.05) is 7.05 Å². The number of imide groups is 1. The summed E-state index contributed by atoms with van der Waals surface area (Å²) in [5, 5.41) is 20.7. The van der Waals surface area contributed by atoms with Gasteiger partial charge in [0.05, 0.1) is 17.9 Å². The van der Waals surface area contributed by atoms with Crippen molar-refractivity contribution in [3.63, 3.8) is 0 Å². The van der Waals surface area contributed by atoms with Crippen LogP contribution in [0.2, 0.25) is 6.32 Å². The van der Waals surface area contributed by atoms with E-state index in [1.54, 1.807) is 7.05 Å². The number of likely N-dealkylation sites (tertiary alicyclic amines) is 1. The number of aromatic hydroxyl groups is 1. The first-order valence-corrected chi connectivity index (χ1v) is 12.9. The van der Waals surface area contributed by atoms with Crippen molar-refractivity contribution in [2.45, 2.75) is 72.7 Å². The predicted octanol–water partition coefficient (Wildman–Crippen LogP) is 4.67. The standard InChI is InChI=1S/C28H38BNO5/c1-7-18(12-19-10-16(4)26(31)17(5)11-19)8-9-23-24-20(15(2)3)13-21-25(22(24)14-29(34)35-23)28(33)30(6)27(21)32/h10-12,15,21-23,25,31,34H,7-9,13-14H2,1-6H3/b18-12+/t21-,22+,23-,25-/m1/s1. The number of amides is 2. The van der Waals surface area contributed by atoms with E-state index >= 15 is 0 Å². The molecule has 2 N–H and O–H groups in total. The highest BCUT2D eigenvalue weighted by molar-refractivity contribution is 6.43. The molecule has 4 rings (SSSR count). The second kappa shape index (κ2) is 9.94. The number of allylic oxidation sites excluding steroid dienone is 2. The van der Waals surface area contributed by atoms with Crippen molar-refractivity contribution < 1.29 is 24.4 Å². The predicted molar refractivity (Wildman–Crippen MR) is 137 cm³/mol. The van der Waals surface area contributed by atoms with Gasteiger partial charge in [-0.15, -0.1) is 0 Å². The Morgan fingerprint density at radius 3 is 2.46 bits per heavy atom. The first-order valence-electron chi connectivity index (χ1n) is 12.9. The molecule has 7 heteroatoms. The average molecular weight is 479 g/mol. The number of phenols is 1. The summed E-state index contributed by atoms with van der Waals surface area (Å²) in [6.07, 6.45) is 5.27. The molecule has 1 aromatic rings. The fraction of sp³-hybridized carbons (Fsp3) is 0.571. The summed E-state index contributed by atoms with van der Waals surface area (Å²) < 4.78 is 6.10. The molecule has 4 atom stereocenters. The number of hydrogen-bond acceptors (Lipinski definition) is 5. The van der Waals surface area contributed by atoms with Gasteiger partial charge in [0.2, 0.25) is 11.8 Å². The van der Waals surface area contributed by atoms with E-state index in [0.29, 0.717) is 24.9 Å². The van der Waals surface area contributed by atoms with E-state index < -0.39 is 13.0 Å². The number of carbonyl (C=O) groups excluding carboxylic acids is 2. The molecule has 1 aromatic carbocycles. The fourth-order valence-electron chi connectivity index (χ4n) is 6.38. The molecule has 2 aliphatic heterocycles. The Labute approximate surface area is 209 Å². The fourth-order valence-corrected chi connectivity index (χ4v) is 6.38. The third-order valence-electron chi connectivity index (χ3n) is 8.23. The zero-order valence-electron chi connectivity index (χ0n) is 21.8. The second-order valence-corrected chi connectivity index (χ2v) is 10.8. The Hall–Kier alpha value is -2.38. The number of carbonyl (C=O) groups is 2. The molecule has 6 nitrogen and oxygen atoms in total. The van der Waals surface area contributed by atoms with Gasteiger partial charge in [-0.25, -0.2) is 0 Å². The molecular weight excluding hydrogens is 441 g/mol. The van der Waals surface area contributed by atoms with Crippen LogP contribution in [0.5, 0.6) is 5.75 Å². The maximum absolute atomic E-state index is 13.0. The number of aryl methyl sites for hydroxylation is 2. The molecule has 0 saturated carbocycles. The highest BCUT2D eigenvalue weighted by atomic mass is 16.5. The van der Waals surface area contributed by atoms with Crippen molar-refractivity contribution in [3.05, 3.63) is 45.5 Å². The largest absolute Gasteiger partial charge is 0.507 e. The Bertz CT molecular complexity index is 1070. The minimum Gasteiger partial charge on any atom is -0.507 e. The molecule has 0 spiro atoms. The SMILES string of the molecule is CC/C(=C\c1cc(C)c(O)c(C)c1)CC[C@H]1OB(O)C[C@H]2C1=C(C(C)C)C[C@H]1C(=O)N(C)C(=O)[C@H]12. The lowest BCUT2D eigenvalue weighted by Crippen LogP contribution is -2.46. The summed E-state index contributed by atoms with van der Waals surface area (Å²) in [5.74, 6) is -0.502. The van der Waals surface area contributed by atoms with E-state index in [2.05, 4.69) is 26.8 Å². The van der Waals surface area contributed by atoms with Gasteiger partial charge in [0.25, 0.3) is 0 Å². The van der Waals surface area contributed by atoms with Crippen molar-refractivity contribution >= 4 is 25.0 Å². The molecule has 3 aliphatic rings. The molecule has 2 heterocycles. The molecular formula is C28H38BNO5. The molecule has 2 saturated heterocycles. The lowest BCUT2D eigenvalue weighted by Gasteiger charge is -2.44. The zero-order chi connectivity index (χ0) is 25.6. The lowest BCUT2D eigenvalue weighted by atomic mass is 9.57. The molecule has 2 fully saturated rings. The van der Waals surface area contributed by atoms with Gasteiger partial charge >= 0.3 is 7.12 Å². The van der Waals surface area contributed by atoms with Crippen LogP contribution in [0.1, 0.15) is 63.1 Å².